The lowest BCUT2D eigenvalue weighted by Crippen LogP contribution is -2.19. The average molecular weight is 558 g/mol. The second-order valence-electron chi connectivity index (χ2n) is 7.53. The Morgan fingerprint density at radius 2 is 1.89 bits per heavy atom. The second kappa shape index (κ2) is 9.79. The van der Waals surface area contributed by atoms with Crippen LogP contribution in [-0.2, 0) is 17.5 Å². The van der Waals surface area contributed by atoms with Gasteiger partial charge in [0.2, 0.25) is 0 Å². The van der Waals surface area contributed by atoms with Crippen LogP contribution in [0.1, 0.15) is 37.7 Å². The van der Waals surface area contributed by atoms with Gasteiger partial charge in [0.05, 0.1) is 48.3 Å². The van der Waals surface area contributed by atoms with E-state index in [1.807, 2.05) is 6.07 Å². The van der Waals surface area contributed by atoms with E-state index in [1.54, 1.807) is 24.3 Å². The summed E-state index contributed by atoms with van der Waals surface area (Å²) in [5.41, 5.74) is -0.533. The fraction of sp³-hybridized carbons (Fsp3) is 0.125. The van der Waals surface area contributed by atoms with E-state index in [0.29, 0.717) is 21.7 Å². The Hall–Kier alpha value is -4.24. The average Bonchev–Trinajstić information content (AvgIpc) is 3.24. The number of anilines is 1. The standard InChI is InChI=1S/C24H15BrF3N5O3/c1-36-23(35)21-19(11-30-33(21)12-14-4-2-13(10-29)3-5-14)32-22(34)17-9-20(24(26,27)28)31-18-7-6-15(25)8-16(17)18/h2-9,11H,12H2,1H3,(H,32,34). The van der Waals surface area contributed by atoms with Crippen molar-refractivity contribution in [2.75, 3.05) is 12.4 Å². The SMILES string of the molecule is COC(=O)c1c(NC(=O)c2cc(C(F)(F)F)nc3ccc(Br)cc23)cnn1Cc1ccc(C#N)cc1. The lowest BCUT2D eigenvalue weighted by Gasteiger charge is -2.13. The first-order valence-corrected chi connectivity index (χ1v) is 11.0. The molecule has 0 unspecified atom stereocenters. The summed E-state index contributed by atoms with van der Waals surface area (Å²) in [4.78, 5) is 29.3. The molecule has 0 aliphatic rings. The van der Waals surface area contributed by atoms with Crippen LogP contribution in [0, 0.1) is 11.3 Å². The van der Waals surface area contributed by atoms with Crippen molar-refractivity contribution in [2.45, 2.75) is 12.7 Å². The first-order valence-electron chi connectivity index (χ1n) is 10.2. The van der Waals surface area contributed by atoms with Gasteiger partial charge in [-0.25, -0.2) is 9.78 Å². The third-order valence-electron chi connectivity index (χ3n) is 5.19. The Balaban J connectivity index is 1.73. The molecule has 0 radical (unpaired) electrons. The van der Waals surface area contributed by atoms with Crippen LogP contribution in [0.25, 0.3) is 10.9 Å². The first-order chi connectivity index (χ1) is 17.1. The largest absolute Gasteiger partial charge is 0.464 e. The molecule has 0 aliphatic carbocycles. The highest BCUT2D eigenvalue weighted by Gasteiger charge is 2.34. The number of nitriles is 1. The van der Waals surface area contributed by atoms with Crippen molar-refractivity contribution in [3.63, 3.8) is 0 Å². The van der Waals surface area contributed by atoms with Crippen molar-refractivity contribution in [3.8, 4) is 6.07 Å². The molecule has 1 amide bonds. The number of aromatic nitrogens is 3. The molecule has 0 aliphatic heterocycles. The fourth-order valence-corrected chi connectivity index (χ4v) is 3.85. The second-order valence-corrected chi connectivity index (χ2v) is 8.45. The number of alkyl halides is 3. The summed E-state index contributed by atoms with van der Waals surface area (Å²) in [6, 6.07) is 13.6. The van der Waals surface area contributed by atoms with Gasteiger partial charge in [-0.05, 0) is 42.0 Å². The minimum atomic E-state index is -4.78. The highest BCUT2D eigenvalue weighted by molar-refractivity contribution is 9.10. The van der Waals surface area contributed by atoms with E-state index in [-0.39, 0.29) is 34.4 Å². The first kappa shape index (κ1) is 24.9. The molecule has 8 nitrogen and oxygen atoms in total. The number of nitrogens with zero attached hydrogens (tertiary/aromatic N) is 4. The number of nitrogens with one attached hydrogen (secondary N) is 1. The van der Waals surface area contributed by atoms with E-state index < -0.39 is 23.7 Å². The van der Waals surface area contributed by atoms with Gasteiger partial charge in [0.15, 0.2) is 5.69 Å². The highest BCUT2D eigenvalue weighted by atomic mass is 79.9. The van der Waals surface area contributed by atoms with Gasteiger partial charge in [-0.1, -0.05) is 28.1 Å². The van der Waals surface area contributed by atoms with Crippen LogP contribution in [0.4, 0.5) is 18.9 Å². The van der Waals surface area contributed by atoms with Gasteiger partial charge >= 0.3 is 12.1 Å². The van der Waals surface area contributed by atoms with Gasteiger partial charge in [-0.2, -0.15) is 23.5 Å². The molecule has 1 N–H and O–H groups in total. The molecule has 0 bridgehead atoms. The molecular weight excluding hydrogens is 543 g/mol. The zero-order valence-corrected chi connectivity index (χ0v) is 20.0. The van der Waals surface area contributed by atoms with E-state index in [0.717, 1.165) is 7.11 Å². The van der Waals surface area contributed by atoms with Crippen molar-refractivity contribution in [1.82, 2.24) is 14.8 Å². The molecule has 4 aromatic rings. The summed E-state index contributed by atoms with van der Waals surface area (Å²) >= 11 is 3.25. The molecule has 182 valence electrons. The van der Waals surface area contributed by atoms with Gasteiger partial charge in [0.1, 0.15) is 5.69 Å². The van der Waals surface area contributed by atoms with Crippen molar-refractivity contribution in [1.29, 1.82) is 5.26 Å². The van der Waals surface area contributed by atoms with E-state index >= 15 is 0 Å². The van der Waals surface area contributed by atoms with Gasteiger partial charge in [0, 0.05) is 9.86 Å². The number of hydrogen-bond acceptors (Lipinski definition) is 6. The van der Waals surface area contributed by atoms with E-state index in [2.05, 4.69) is 31.3 Å². The number of ether oxygens (including phenoxy) is 1. The number of esters is 1. The van der Waals surface area contributed by atoms with Crippen LogP contribution in [-0.4, -0.2) is 33.8 Å². The highest BCUT2D eigenvalue weighted by Crippen LogP contribution is 2.32. The minimum Gasteiger partial charge on any atom is -0.464 e. The molecule has 36 heavy (non-hydrogen) atoms. The van der Waals surface area contributed by atoms with Crippen LogP contribution < -0.4 is 5.32 Å². The molecule has 0 saturated carbocycles. The molecule has 0 fully saturated rings. The molecule has 2 heterocycles. The maximum absolute atomic E-state index is 13.4. The van der Waals surface area contributed by atoms with Crippen LogP contribution in [0.5, 0.6) is 0 Å². The summed E-state index contributed by atoms with van der Waals surface area (Å²) in [5.74, 6) is -1.70. The molecule has 0 spiro atoms. The number of rotatable bonds is 5. The van der Waals surface area contributed by atoms with Crippen molar-refractivity contribution in [2.24, 2.45) is 0 Å². The van der Waals surface area contributed by atoms with Crippen LogP contribution in [0.3, 0.4) is 0 Å². The summed E-state index contributed by atoms with van der Waals surface area (Å²) in [6.45, 7) is 0.107. The number of pyridine rings is 1. The Morgan fingerprint density at radius 3 is 2.53 bits per heavy atom. The monoisotopic (exact) mass is 557 g/mol. The number of halogens is 4. The van der Waals surface area contributed by atoms with Crippen LogP contribution >= 0.6 is 15.9 Å². The summed E-state index contributed by atoms with van der Waals surface area (Å²) < 4.78 is 47.0. The van der Waals surface area contributed by atoms with Crippen molar-refractivity contribution in [3.05, 3.63) is 87.3 Å². The van der Waals surface area contributed by atoms with E-state index in [9.17, 15) is 22.8 Å². The number of methoxy groups -OCH3 is 1. The topological polar surface area (TPSA) is 110 Å². The lowest BCUT2D eigenvalue weighted by atomic mass is 10.1. The zero-order valence-electron chi connectivity index (χ0n) is 18.4. The van der Waals surface area contributed by atoms with E-state index in [1.165, 1.54) is 29.1 Å². The fourth-order valence-electron chi connectivity index (χ4n) is 3.49. The van der Waals surface area contributed by atoms with Crippen molar-refractivity contribution < 1.29 is 27.5 Å². The number of carbonyl (C=O) groups is 2. The predicted octanol–water partition coefficient (Wildman–Crippen LogP) is 5.17. The Labute approximate surface area is 210 Å². The van der Waals surface area contributed by atoms with Crippen LogP contribution in [0.2, 0.25) is 0 Å². The third kappa shape index (κ3) is 5.06. The number of hydrogen-bond donors (Lipinski definition) is 1. The van der Waals surface area contributed by atoms with Gasteiger partial charge in [0.25, 0.3) is 5.91 Å². The summed E-state index contributed by atoms with van der Waals surface area (Å²) in [5, 5.41) is 15.8. The summed E-state index contributed by atoms with van der Waals surface area (Å²) in [7, 11) is 1.15. The van der Waals surface area contributed by atoms with Gasteiger partial charge < -0.3 is 10.1 Å². The molecule has 0 saturated heterocycles. The normalized spacial score (nSPS) is 11.2. The predicted molar refractivity (Wildman–Crippen MR) is 126 cm³/mol. The minimum absolute atomic E-state index is 0.0251. The van der Waals surface area contributed by atoms with Crippen molar-refractivity contribution >= 4 is 44.4 Å². The maximum atomic E-state index is 13.4. The third-order valence-corrected chi connectivity index (χ3v) is 5.68. The maximum Gasteiger partial charge on any atom is 0.433 e. The number of carbonyl (C=O) groups excluding carboxylic acids is 2. The number of fused-ring (bicyclic) bond motifs is 1. The Kier molecular flexibility index (Phi) is 6.76. The van der Waals surface area contributed by atoms with Gasteiger partial charge in [-0.15, -0.1) is 0 Å². The zero-order chi connectivity index (χ0) is 26.0. The molecule has 2 aromatic heterocycles. The number of benzene rings is 2. The van der Waals surface area contributed by atoms with E-state index in [4.69, 9.17) is 10.00 Å². The lowest BCUT2D eigenvalue weighted by molar-refractivity contribution is -0.141. The molecule has 4 rings (SSSR count). The smallest absolute Gasteiger partial charge is 0.433 e. The molecular formula is C24H15BrF3N5O3. The summed E-state index contributed by atoms with van der Waals surface area (Å²) in [6.07, 6.45) is -3.57. The Morgan fingerprint density at radius 1 is 1.17 bits per heavy atom. The van der Waals surface area contributed by atoms with Crippen LogP contribution in [0.15, 0.2) is 59.2 Å². The number of amides is 1. The Bertz CT molecular complexity index is 1530. The van der Waals surface area contributed by atoms with Gasteiger partial charge in [-0.3, -0.25) is 9.48 Å². The molecule has 12 heteroatoms. The molecule has 2 aromatic carbocycles. The quantitative estimate of drug-likeness (QED) is 0.339. The molecule has 0 atom stereocenters.